The highest BCUT2D eigenvalue weighted by molar-refractivity contribution is 6.11. The Bertz CT molecular complexity index is 3170. The Kier molecular flexibility index (Phi) is 7.99. The van der Waals surface area contributed by atoms with Crippen LogP contribution in [0, 0.1) is 0 Å². The number of allylic oxidation sites excluding steroid dienone is 4. The van der Waals surface area contributed by atoms with E-state index in [1.54, 1.807) is 0 Å². The normalized spacial score (nSPS) is 16.4. The van der Waals surface area contributed by atoms with Gasteiger partial charge in [0.25, 0.3) is 0 Å². The second-order valence-corrected chi connectivity index (χ2v) is 16.7. The quantitative estimate of drug-likeness (QED) is 0.170. The highest BCUT2D eigenvalue weighted by atomic mass is 15.0. The van der Waals surface area contributed by atoms with Gasteiger partial charge in [-0.1, -0.05) is 166 Å². The topological polar surface area (TPSA) is 43.6 Å². The summed E-state index contributed by atoms with van der Waals surface area (Å²) in [6.07, 6.45) is 9.77. The summed E-state index contributed by atoms with van der Waals surface area (Å²) in [5.41, 5.74) is 14.9. The maximum atomic E-state index is 5.32. The van der Waals surface area contributed by atoms with Gasteiger partial charge in [0.1, 0.15) is 0 Å². The molecule has 9 aromatic rings. The molecule has 59 heavy (non-hydrogen) atoms. The first-order valence-electron chi connectivity index (χ1n) is 20.5. The zero-order valence-electron chi connectivity index (χ0n) is 33.4. The second-order valence-electron chi connectivity index (χ2n) is 16.7. The summed E-state index contributed by atoms with van der Waals surface area (Å²) in [6.45, 7) is 7.01. The van der Waals surface area contributed by atoms with Gasteiger partial charge in [-0.2, -0.15) is 0 Å². The van der Waals surface area contributed by atoms with Crippen LogP contribution >= 0.6 is 0 Å². The van der Waals surface area contributed by atoms with Crippen LogP contribution in [0.2, 0.25) is 0 Å². The van der Waals surface area contributed by atoms with Gasteiger partial charge in [0, 0.05) is 44.0 Å². The third-order valence-electron chi connectivity index (χ3n) is 12.6. The molecule has 4 nitrogen and oxygen atoms in total. The molecule has 2 heterocycles. The fourth-order valence-electron chi connectivity index (χ4n) is 9.40. The molecule has 2 aliphatic carbocycles. The molecule has 1 unspecified atom stereocenters. The van der Waals surface area contributed by atoms with Gasteiger partial charge in [0.2, 0.25) is 0 Å². The van der Waals surface area contributed by atoms with Gasteiger partial charge in [-0.15, -0.1) is 0 Å². The Labute approximate surface area is 344 Å². The van der Waals surface area contributed by atoms with Crippen LogP contribution in [0.5, 0.6) is 0 Å². The third kappa shape index (κ3) is 5.78. The fraction of sp³-hybridized carbons (Fsp3) is 0.109. The number of nitrogens with zero attached hydrogens (tertiary/aromatic N) is 4. The van der Waals surface area contributed by atoms with E-state index in [-0.39, 0.29) is 10.8 Å². The minimum Gasteiger partial charge on any atom is -0.309 e. The summed E-state index contributed by atoms with van der Waals surface area (Å²) in [5, 5.41) is 2.48. The van der Waals surface area contributed by atoms with Crippen LogP contribution in [0.1, 0.15) is 43.9 Å². The maximum absolute atomic E-state index is 5.32. The van der Waals surface area contributed by atoms with Crippen molar-refractivity contribution in [2.45, 2.75) is 38.0 Å². The lowest BCUT2D eigenvalue weighted by molar-refractivity contribution is 0.600. The number of benzene rings is 7. The average Bonchev–Trinajstić information content (AvgIpc) is 3.73. The largest absolute Gasteiger partial charge is 0.309 e. The first-order chi connectivity index (χ1) is 28.8. The van der Waals surface area contributed by atoms with Crippen LogP contribution in [-0.4, -0.2) is 19.5 Å². The standard InChI is InChI=1S/C55H42N4/c1-54(2)47-26-13-11-24-43(47)45-34-46-44-25-12-14-27-49(44)59(50(46)35-48(45)54)42-23-17-22-38(33-42)52-56-51(37-20-9-5-10-21-37)57-53(58-52)40-30-39(36-18-7-4-8-19-36)31-41(32-40)55(3)28-15-6-16-29-55/h4-28,30-35H,29H2,1-3H3. The Hall–Kier alpha value is -7.17. The summed E-state index contributed by atoms with van der Waals surface area (Å²) in [6, 6.07) is 58.8. The molecular formula is C55H42N4. The minimum atomic E-state index is -0.166. The Balaban J connectivity index is 1.10. The monoisotopic (exact) mass is 758 g/mol. The van der Waals surface area contributed by atoms with Crippen molar-refractivity contribution in [2.75, 3.05) is 0 Å². The molecule has 0 saturated heterocycles. The van der Waals surface area contributed by atoms with Crippen LogP contribution in [0.25, 0.3) is 83.9 Å². The molecule has 282 valence electrons. The van der Waals surface area contributed by atoms with E-state index in [2.05, 4.69) is 195 Å². The van der Waals surface area contributed by atoms with Crippen molar-refractivity contribution in [1.82, 2.24) is 19.5 Å². The summed E-state index contributed by atoms with van der Waals surface area (Å²) in [5.74, 6) is 1.92. The van der Waals surface area contributed by atoms with Crippen LogP contribution < -0.4 is 0 Å². The molecule has 2 aliphatic rings. The molecule has 7 aromatic carbocycles. The predicted molar refractivity (Wildman–Crippen MR) is 244 cm³/mol. The van der Waals surface area contributed by atoms with Crippen molar-refractivity contribution in [1.29, 1.82) is 0 Å². The number of para-hydroxylation sites is 1. The highest BCUT2D eigenvalue weighted by Gasteiger charge is 2.36. The highest BCUT2D eigenvalue weighted by Crippen LogP contribution is 2.51. The SMILES string of the molecule is CC1(c2cc(-c3ccccc3)cc(-c3nc(-c4ccccc4)nc(-c4cccc(-n5c6ccccc6c6cc7c(cc65)C(C)(C)c5ccccc5-7)c4)n3)c2)C=CC=CC1. The van der Waals surface area contributed by atoms with Gasteiger partial charge in [-0.25, -0.2) is 15.0 Å². The van der Waals surface area contributed by atoms with E-state index in [0.29, 0.717) is 17.5 Å². The van der Waals surface area contributed by atoms with Gasteiger partial charge in [-0.05, 0) is 87.8 Å². The van der Waals surface area contributed by atoms with E-state index in [0.717, 1.165) is 39.9 Å². The molecule has 0 spiro atoms. The number of aromatic nitrogens is 4. The van der Waals surface area contributed by atoms with Crippen molar-refractivity contribution < 1.29 is 0 Å². The summed E-state index contributed by atoms with van der Waals surface area (Å²) in [4.78, 5) is 15.7. The Morgan fingerprint density at radius 3 is 1.90 bits per heavy atom. The smallest absolute Gasteiger partial charge is 0.164 e. The minimum absolute atomic E-state index is 0.114. The Morgan fingerprint density at radius 2 is 1.12 bits per heavy atom. The fourth-order valence-corrected chi connectivity index (χ4v) is 9.40. The zero-order chi connectivity index (χ0) is 39.7. The second kappa shape index (κ2) is 13.5. The zero-order valence-corrected chi connectivity index (χ0v) is 33.4. The summed E-state index contributed by atoms with van der Waals surface area (Å²) >= 11 is 0. The van der Waals surface area contributed by atoms with Gasteiger partial charge in [0.05, 0.1) is 11.0 Å². The van der Waals surface area contributed by atoms with Gasteiger partial charge in [0.15, 0.2) is 17.5 Å². The van der Waals surface area contributed by atoms with Crippen LogP contribution in [0.3, 0.4) is 0 Å². The molecule has 0 amide bonds. The van der Waals surface area contributed by atoms with Gasteiger partial charge in [-0.3, -0.25) is 0 Å². The van der Waals surface area contributed by atoms with Crippen molar-refractivity contribution >= 4 is 21.8 Å². The molecule has 0 fully saturated rings. The van der Waals surface area contributed by atoms with Crippen molar-refractivity contribution in [2.24, 2.45) is 0 Å². The lowest BCUT2D eigenvalue weighted by atomic mass is 9.76. The molecular weight excluding hydrogens is 717 g/mol. The summed E-state index contributed by atoms with van der Waals surface area (Å²) < 4.78 is 2.41. The molecule has 0 bridgehead atoms. The molecule has 2 aromatic heterocycles. The lowest BCUT2D eigenvalue weighted by Gasteiger charge is -2.28. The van der Waals surface area contributed by atoms with E-state index in [1.807, 2.05) is 18.2 Å². The van der Waals surface area contributed by atoms with E-state index < -0.39 is 0 Å². The summed E-state index contributed by atoms with van der Waals surface area (Å²) in [7, 11) is 0. The van der Waals surface area contributed by atoms with E-state index >= 15 is 0 Å². The molecule has 0 saturated carbocycles. The lowest BCUT2D eigenvalue weighted by Crippen LogP contribution is -2.19. The molecule has 0 N–H and O–H groups in total. The average molecular weight is 759 g/mol. The number of hydrogen-bond acceptors (Lipinski definition) is 3. The number of rotatable bonds is 6. The predicted octanol–water partition coefficient (Wildman–Crippen LogP) is 13.7. The molecule has 1 atom stereocenters. The van der Waals surface area contributed by atoms with Crippen molar-refractivity contribution in [3.8, 4) is 62.1 Å². The van der Waals surface area contributed by atoms with Crippen molar-refractivity contribution in [3.63, 3.8) is 0 Å². The molecule has 0 radical (unpaired) electrons. The first kappa shape index (κ1) is 35.0. The maximum Gasteiger partial charge on any atom is 0.164 e. The third-order valence-corrected chi connectivity index (χ3v) is 12.6. The molecule has 11 rings (SSSR count). The van der Waals surface area contributed by atoms with Gasteiger partial charge < -0.3 is 4.57 Å². The number of fused-ring (bicyclic) bond motifs is 6. The van der Waals surface area contributed by atoms with Gasteiger partial charge >= 0.3 is 0 Å². The van der Waals surface area contributed by atoms with Crippen LogP contribution in [0.4, 0.5) is 0 Å². The van der Waals surface area contributed by atoms with E-state index in [9.17, 15) is 0 Å². The Morgan fingerprint density at radius 1 is 0.458 bits per heavy atom. The van der Waals surface area contributed by atoms with Crippen LogP contribution in [-0.2, 0) is 10.8 Å². The van der Waals surface area contributed by atoms with E-state index in [4.69, 9.17) is 15.0 Å². The number of hydrogen-bond donors (Lipinski definition) is 0. The van der Waals surface area contributed by atoms with Crippen LogP contribution in [0.15, 0.2) is 188 Å². The van der Waals surface area contributed by atoms with Crippen molar-refractivity contribution in [3.05, 3.63) is 205 Å². The molecule has 0 aliphatic heterocycles. The molecule has 4 heteroatoms. The first-order valence-corrected chi connectivity index (χ1v) is 20.5. The van der Waals surface area contributed by atoms with E-state index in [1.165, 1.54) is 49.6 Å².